The Morgan fingerprint density at radius 1 is 0.0694 bits per heavy atom. The van der Waals surface area contributed by atoms with Gasteiger partial charge in [0.15, 0.2) is 0 Å². The topological polar surface area (TPSA) is 0 Å². The van der Waals surface area contributed by atoms with Crippen LogP contribution in [0.1, 0.15) is 0 Å². The van der Waals surface area contributed by atoms with Crippen LogP contribution in [0.3, 0.4) is 0 Å². The molecular formula is C72H48. The van der Waals surface area contributed by atoms with Gasteiger partial charge in [0, 0.05) is 0 Å². The number of hydrogen-bond acceptors (Lipinski definition) is 0. The van der Waals surface area contributed by atoms with Gasteiger partial charge in [-0.3, -0.25) is 0 Å². The minimum atomic E-state index is 1.19. The molecule has 0 N–H and O–H groups in total. The van der Waals surface area contributed by atoms with Gasteiger partial charge in [-0.1, -0.05) is 291 Å². The SMILES string of the molecule is c1ccc2c(c1)-c1ccccc1-c1ccccc1-c1ccccc1-c1ccccc1-c1ccccc1-c1ccccc1-c1ccccc1-c1ccccc1-c1ccccc1-c1ccccc1-c1ccccc1-2. The third-order valence-electron chi connectivity index (χ3n) is 14.6. The number of rotatable bonds is 0. The standard InChI is InChI=1S/C72H48/c1-2-26-50-49(25-1)51-27-3-4-29-53(51)55-31-7-8-33-57(55)59-35-11-12-37-61(59)63-39-15-16-41-65(63)67-43-19-20-45-69(67)71-47-23-24-48-72(71)70-46-22-21-44-68(70)66-42-18-17-40-64(66)62-38-14-13-36-60(62)58-34-10-9-32-56(58)54-30-6-5-28-52(50)54/h1-48H. The summed E-state index contributed by atoms with van der Waals surface area (Å²) in [5, 5.41) is 0. The van der Waals surface area contributed by atoms with Crippen LogP contribution in [-0.2, 0) is 0 Å². The van der Waals surface area contributed by atoms with Crippen molar-refractivity contribution in [3.63, 3.8) is 0 Å². The van der Waals surface area contributed by atoms with Gasteiger partial charge < -0.3 is 0 Å². The van der Waals surface area contributed by atoms with Crippen LogP contribution in [0.15, 0.2) is 291 Å². The van der Waals surface area contributed by atoms with Gasteiger partial charge in [0.25, 0.3) is 0 Å². The second-order valence-corrected chi connectivity index (χ2v) is 18.5. The molecule has 0 amide bonds. The Hall–Kier alpha value is -9.36. The fourth-order valence-corrected chi connectivity index (χ4v) is 11.4. The quantitative estimate of drug-likeness (QED) is 0.142. The van der Waals surface area contributed by atoms with Crippen LogP contribution in [0.25, 0.3) is 134 Å². The summed E-state index contributed by atoms with van der Waals surface area (Å²) >= 11 is 0. The van der Waals surface area contributed by atoms with E-state index in [9.17, 15) is 0 Å². The number of fused-ring (bicyclic) bond motifs is 24. The van der Waals surface area contributed by atoms with E-state index >= 15 is 0 Å². The first-order valence-corrected chi connectivity index (χ1v) is 24.9. The van der Waals surface area contributed by atoms with Crippen LogP contribution in [0.2, 0.25) is 0 Å². The molecule has 0 fully saturated rings. The fourth-order valence-electron chi connectivity index (χ4n) is 11.4. The van der Waals surface area contributed by atoms with Gasteiger partial charge in [-0.05, 0) is 134 Å². The first-order valence-electron chi connectivity index (χ1n) is 24.9. The molecule has 0 heteroatoms. The first-order chi connectivity index (χ1) is 35.8. The highest BCUT2D eigenvalue weighted by atomic mass is 14.3. The van der Waals surface area contributed by atoms with Crippen molar-refractivity contribution in [1.29, 1.82) is 0 Å². The molecule has 0 aliphatic heterocycles. The predicted molar refractivity (Wildman–Crippen MR) is 305 cm³/mol. The molecule has 12 aromatic carbocycles. The second-order valence-electron chi connectivity index (χ2n) is 18.5. The van der Waals surface area contributed by atoms with Crippen LogP contribution in [0, 0.1) is 0 Å². The van der Waals surface area contributed by atoms with Crippen molar-refractivity contribution in [3.05, 3.63) is 291 Å². The van der Waals surface area contributed by atoms with Crippen LogP contribution < -0.4 is 0 Å². The zero-order chi connectivity index (χ0) is 47.8. The molecule has 336 valence electrons. The summed E-state index contributed by atoms with van der Waals surface area (Å²) in [6, 6.07) is 108. The lowest BCUT2D eigenvalue weighted by molar-refractivity contribution is 1.52. The summed E-state index contributed by atoms with van der Waals surface area (Å²) in [7, 11) is 0. The molecule has 0 atom stereocenters. The van der Waals surface area contributed by atoms with Gasteiger partial charge >= 0.3 is 0 Å². The Bertz CT molecular complexity index is 2720. The maximum atomic E-state index is 2.30. The first kappa shape index (κ1) is 42.7. The molecule has 72 heavy (non-hydrogen) atoms. The Kier molecular flexibility index (Phi) is 11.0. The third-order valence-corrected chi connectivity index (χ3v) is 14.6. The second kappa shape index (κ2) is 18.5. The zero-order valence-electron chi connectivity index (χ0n) is 39.7. The fraction of sp³-hybridized carbons (Fsp3) is 0. The lowest BCUT2D eigenvalue weighted by Gasteiger charge is -2.22. The normalized spacial score (nSPS) is 11.3. The highest BCUT2D eigenvalue weighted by Crippen LogP contribution is 2.50. The molecule has 12 aromatic rings. The van der Waals surface area contributed by atoms with Gasteiger partial charge in [-0.2, -0.15) is 0 Å². The maximum absolute atomic E-state index is 2.30. The molecule has 0 nitrogen and oxygen atoms in total. The maximum Gasteiger partial charge on any atom is -0.00990 e. The van der Waals surface area contributed by atoms with Crippen molar-refractivity contribution in [3.8, 4) is 134 Å². The van der Waals surface area contributed by atoms with Crippen molar-refractivity contribution < 1.29 is 0 Å². The van der Waals surface area contributed by atoms with Gasteiger partial charge in [0.2, 0.25) is 0 Å². The van der Waals surface area contributed by atoms with Crippen LogP contribution in [0.5, 0.6) is 0 Å². The average Bonchev–Trinajstić information content (AvgIpc) is 3.47. The summed E-state index contributed by atoms with van der Waals surface area (Å²) in [5.41, 5.74) is 28.5. The Balaban J connectivity index is 1.14. The minimum Gasteiger partial charge on any atom is -0.0616 e. The van der Waals surface area contributed by atoms with Crippen molar-refractivity contribution in [2.75, 3.05) is 0 Å². The minimum absolute atomic E-state index is 1.19. The summed E-state index contributed by atoms with van der Waals surface area (Å²) < 4.78 is 0. The molecule has 0 bridgehead atoms. The number of benzene rings is 12. The molecule has 0 saturated heterocycles. The van der Waals surface area contributed by atoms with Crippen molar-refractivity contribution in [2.45, 2.75) is 0 Å². The molecule has 0 heterocycles. The van der Waals surface area contributed by atoms with Crippen LogP contribution in [0.4, 0.5) is 0 Å². The van der Waals surface area contributed by atoms with E-state index in [1.54, 1.807) is 0 Å². The van der Waals surface area contributed by atoms with E-state index in [1.807, 2.05) is 0 Å². The predicted octanol–water partition coefficient (Wildman–Crippen LogP) is 20.0. The zero-order valence-corrected chi connectivity index (χ0v) is 39.7. The van der Waals surface area contributed by atoms with Crippen LogP contribution in [-0.4, -0.2) is 0 Å². The summed E-state index contributed by atoms with van der Waals surface area (Å²) in [6.07, 6.45) is 0. The van der Waals surface area contributed by atoms with E-state index in [0.717, 1.165) is 0 Å². The Morgan fingerprint density at radius 2 is 0.111 bits per heavy atom. The van der Waals surface area contributed by atoms with Gasteiger partial charge in [-0.25, -0.2) is 0 Å². The molecule has 1 aliphatic carbocycles. The van der Waals surface area contributed by atoms with E-state index in [4.69, 9.17) is 0 Å². The Labute approximate surface area is 422 Å². The van der Waals surface area contributed by atoms with Gasteiger partial charge in [0.1, 0.15) is 0 Å². The van der Waals surface area contributed by atoms with Crippen molar-refractivity contribution >= 4 is 0 Å². The van der Waals surface area contributed by atoms with E-state index in [2.05, 4.69) is 291 Å². The Morgan fingerprint density at radius 3 is 0.153 bits per heavy atom. The smallest absolute Gasteiger partial charge is 0.00990 e. The molecule has 0 radical (unpaired) electrons. The summed E-state index contributed by atoms with van der Waals surface area (Å²) in [5.74, 6) is 0. The van der Waals surface area contributed by atoms with E-state index < -0.39 is 0 Å². The molecule has 0 spiro atoms. The van der Waals surface area contributed by atoms with E-state index in [-0.39, 0.29) is 0 Å². The highest BCUT2D eigenvalue weighted by Gasteiger charge is 2.24. The van der Waals surface area contributed by atoms with E-state index in [1.165, 1.54) is 134 Å². The molecule has 0 unspecified atom stereocenters. The lowest BCUT2D eigenvalue weighted by atomic mass is 9.81. The number of hydrogen-bond donors (Lipinski definition) is 0. The molecule has 13 rings (SSSR count). The monoisotopic (exact) mass is 912 g/mol. The van der Waals surface area contributed by atoms with Crippen LogP contribution >= 0.6 is 0 Å². The largest absolute Gasteiger partial charge is 0.0616 e. The van der Waals surface area contributed by atoms with E-state index in [0.29, 0.717) is 0 Å². The molecule has 0 aromatic heterocycles. The summed E-state index contributed by atoms with van der Waals surface area (Å²) in [4.78, 5) is 0. The summed E-state index contributed by atoms with van der Waals surface area (Å²) in [6.45, 7) is 0. The van der Waals surface area contributed by atoms with Crippen molar-refractivity contribution in [1.82, 2.24) is 0 Å². The molecule has 1 aliphatic rings. The van der Waals surface area contributed by atoms with Gasteiger partial charge in [0.05, 0.1) is 0 Å². The molecule has 0 saturated carbocycles. The third kappa shape index (κ3) is 7.41. The lowest BCUT2D eigenvalue weighted by Crippen LogP contribution is -1.96. The van der Waals surface area contributed by atoms with Crippen molar-refractivity contribution in [2.24, 2.45) is 0 Å². The average molecular weight is 913 g/mol. The molecular weight excluding hydrogens is 865 g/mol. The highest BCUT2D eigenvalue weighted by molar-refractivity contribution is 6.06. The van der Waals surface area contributed by atoms with Gasteiger partial charge in [-0.15, -0.1) is 0 Å².